The van der Waals surface area contributed by atoms with Crippen molar-refractivity contribution in [1.82, 2.24) is 4.98 Å². The molecule has 0 aliphatic carbocycles. The predicted molar refractivity (Wildman–Crippen MR) is 75.3 cm³/mol. The number of aromatic nitrogens is 1. The van der Waals surface area contributed by atoms with Gasteiger partial charge in [-0.15, -0.1) is 11.6 Å². The van der Waals surface area contributed by atoms with Gasteiger partial charge in [-0.25, -0.2) is 4.98 Å². The largest absolute Gasteiger partial charge is 0.439 e. The molecule has 2 aromatic rings. The maximum absolute atomic E-state index is 5.91. The fourth-order valence-corrected chi connectivity index (χ4v) is 2.29. The second-order valence-corrected chi connectivity index (χ2v) is 5.00. The standard InChI is InChI=1S/C12H7Cl4NO/c13-5-7-1-12(17-6-11(7)16)18-10-3-8(14)2-9(15)4-10/h1-4,6H,5H2. The van der Waals surface area contributed by atoms with Crippen molar-refractivity contribution in [2.45, 2.75) is 5.88 Å². The average Bonchev–Trinajstić information content (AvgIpc) is 2.30. The van der Waals surface area contributed by atoms with Crippen molar-refractivity contribution in [2.24, 2.45) is 0 Å². The first-order valence-electron chi connectivity index (χ1n) is 4.93. The highest BCUT2D eigenvalue weighted by Crippen LogP contribution is 2.29. The summed E-state index contributed by atoms with van der Waals surface area (Å²) in [6.07, 6.45) is 1.49. The molecule has 1 aromatic heterocycles. The van der Waals surface area contributed by atoms with E-state index in [1.807, 2.05) is 0 Å². The molecule has 0 saturated heterocycles. The van der Waals surface area contributed by atoms with Crippen molar-refractivity contribution in [2.75, 3.05) is 0 Å². The van der Waals surface area contributed by atoms with Gasteiger partial charge in [-0.3, -0.25) is 0 Å². The molecule has 18 heavy (non-hydrogen) atoms. The predicted octanol–water partition coefficient (Wildman–Crippen LogP) is 5.57. The van der Waals surface area contributed by atoms with Crippen molar-refractivity contribution in [3.8, 4) is 11.6 Å². The quantitative estimate of drug-likeness (QED) is 0.689. The molecule has 0 fully saturated rings. The fourth-order valence-electron chi connectivity index (χ4n) is 1.32. The molecule has 0 N–H and O–H groups in total. The fraction of sp³-hybridized carbons (Fsp3) is 0.0833. The molecule has 94 valence electrons. The minimum atomic E-state index is 0.286. The Morgan fingerprint density at radius 1 is 1.00 bits per heavy atom. The lowest BCUT2D eigenvalue weighted by molar-refractivity contribution is 0.462. The zero-order valence-corrected chi connectivity index (χ0v) is 12.0. The van der Waals surface area contributed by atoms with Crippen LogP contribution < -0.4 is 4.74 Å². The van der Waals surface area contributed by atoms with Crippen LogP contribution >= 0.6 is 46.4 Å². The summed E-state index contributed by atoms with van der Waals surface area (Å²) < 4.78 is 5.54. The van der Waals surface area contributed by atoms with Gasteiger partial charge in [-0.1, -0.05) is 34.8 Å². The molecule has 0 aliphatic rings. The highest BCUT2D eigenvalue weighted by Gasteiger charge is 2.06. The summed E-state index contributed by atoms with van der Waals surface area (Å²) in [4.78, 5) is 4.04. The summed E-state index contributed by atoms with van der Waals surface area (Å²) >= 11 is 23.4. The minimum absolute atomic E-state index is 0.286. The molecule has 1 aromatic carbocycles. The lowest BCUT2D eigenvalue weighted by atomic mass is 10.3. The van der Waals surface area contributed by atoms with E-state index < -0.39 is 0 Å². The van der Waals surface area contributed by atoms with Crippen LogP contribution in [0.1, 0.15) is 5.56 Å². The van der Waals surface area contributed by atoms with Crippen molar-refractivity contribution in [1.29, 1.82) is 0 Å². The molecule has 0 unspecified atom stereocenters. The molecule has 6 heteroatoms. The Bertz CT molecular complexity index is 554. The van der Waals surface area contributed by atoms with Crippen molar-refractivity contribution in [3.63, 3.8) is 0 Å². The maximum atomic E-state index is 5.91. The normalized spacial score (nSPS) is 10.4. The Hall–Kier alpha value is -0.670. The molecular weight excluding hydrogens is 316 g/mol. The summed E-state index contributed by atoms with van der Waals surface area (Å²) in [6, 6.07) is 6.58. The van der Waals surface area contributed by atoms with Crippen LogP contribution in [0.25, 0.3) is 0 Å². The van der Waals surface area contributed by atoms with Crippen LogP contribution in [0.5, 0.6) is 11.6 Å². The van der Waals surface area contributed by atoms with Crippen LogP contribution in [0.4, 0.5) is 0 Å². The van der Waals surface area contributed by atoms with E-state index in [9.17, 15) is 0 Å². The summed E-state index contributed by atoms with van der Waals surface area (Å²) in [5.41, 5.74) is 0.747. The number of ether oxygens (including phenoxy) is 1. The summed E-state index contributed by atoms with van der Waals surface area (Å²) in [5.74, 6) is 1.17. The highest BCUT2D eigenvalue weighted by molar-refractivity contribution is 6.34. The van der Waals surface area contributed by atoms with E-state index in [1.54, 1.807) is 24.3 Å². The van der Waals surface area contributed by atoms with E-state index in [1.165, 1.54) is 6.20 Å². The van der Waals surface area contributed by atoms with Gasteiger partial charge >= 0.3 is 0 Å². The number of pyridine rings is 1. The summed E-state index contributed by atoms with van der Waals surface area (Å²) in [5, 5.41) is 1.48. The monoisotopic (exact) mass is 321 g/mol. The minimum Gasteiger partial charge on any atom is -0.439 e. The molecular formula is C12H7Cl4NO. The van der Waals surface area contributed by atoms with Crippen LogP contribution in [0.2, 0.25) is 15.1 Å². The second kappa shape index (κ2) is 5.98. The van der Waals surface area contributed by atoms with E-state index in [2.05, 4.69) is 4.98 Å². The van der Waals surface area contributed by atoms with E-state index in [4.69, 9.17) is 51.1 Å². The Labute approximate surface area is 124 Å². The molecule has 2 rings (SSSR count). The molecule has 0 radical (unpaired) electrons. The number of alkyl halides is 1. The second-order valence-electron chi connectivity index (χ2n) is 3.45. The van der Waals surface area contributed by atoms with Gasteiger partial charge in [0.25, 0.3) is 0 Å². The van der Waals surface area contributed by atoms with Crippen LogP contribution in [-0.4, -0.2) is 4.98 Å². The number of hydrogen-bond donors (Lipinski definition) is 0. The Morgan fingerprint density at radius 3 is 2.28 bits per heavy atom. The number of halogens is 4. The van der Waals surface area contributed by atoms with Gasteiger partial charge in [-0.05, 0) is 23.8 Å². The van der Waals surface area contributed by atoms with Gasteiger partial charge in [0.05, 0.1) is 5.02 Å². The number of nitrogens with zero attached hydrogens (tertiary/aromatic N) is 1. The van der Waals surface area contributed by atoms with Crippen LogP contribution in [0.3, 0.4) is 0 Å². The maximum Gasteiger partial charge on any atom is 0.219 e. The van der Waals surface area contributed by atoms with E-state index in [-0.39, 0.29) is 5.88 Å². The smallest absolute Gasteiger partial charge is 0.219 e. The van der Waals surface area contributed by atoms with Gasteiger partial charge in [0.1, 0.15) is 5.75 Å². The van der Waals surface area contributed by atoms with Crippen molar-refractivity contribution in [3.05, 3.63) is 51.1 Å². The summed E-state index contributed by atoms with van der Waals surface area (Å²) in [6.45, 7) is 0. The van der Waals surface area contributed by atoms with Crippen LogP contribution in [0.15, 0.2) is 30.5 Å². The van der Waals surface area contributed by atoms with E-state index in [0.717, 1.165) is 5.56 Å². The van der Waals surface area contributed by atoms with E-state index in [0.29, 0.717) is 26.7 Å². The topological polar surface area (TPSA) is 22.1 Å². The molecule has 0 amide bonds. The van der Waals surface area contributed by atoms with Gasteiger partial charge < -0.3 is 4.74 Å². The number of hydrogen-bond acceptors (Lipinski definition) is 2. The third kappa shape index (κ3) is 3.42. The molecule has 1 heterocycles. The molecule has 2 nitrogen and oxygen atoms in total. The first-order valence-corrected chi connectivity index (χ1v) is 6.59. The number of benzene rings is 1. The first-order chi connectivity index (χ1) is 8.58. The first kappa shape index (κ1) is 13.8. The van der Waals surface area contributed by atoms with Gasteiger partial charge in [0.15, 0.2) is 0 Å². The Kier molecular flexibility index (Phi) is 4.57. The Balaban J connectivity index is 2.28. The zero-order valence-electron chi connectivity index (χ0n) is 8.96. The zero-order chi connectivity index (χ0) is 13.1. The van der Waals surface area contributed by atoms with Gasteiger partial charge in [-0.2, -0.15) is 0 Å². The molecule has 0 spiro atoms. The Morgan fingerprint density at radius 2 is 1.67 bits per heavy atom. The molecule has 0 bridgehead atoms. The molecule has 0 saturated carbocycles. The van der Waals surface area contributed by atoms with Gasteiger partial charge in [0, 0.05) is 28.2 Å². The number of rotatable bonds is 3. The SMILES string of the molecule is ClCc1cc(Oc2cc(Cl)cc(Cl)c2)ncc1Cl. The molecule has 0 atom stereocenters. The highest BCUT2D eigenvalue weighted by atomic mass is 35.5. The van der Waals surface area contributed by atoms with Crippen LogP contribution in [0, 0.1) is 0 Å². The third-order valence-corrected chi connectivity index (χ3v) is 3.18. The van der Waals surface area contributed by atoms with Crippen molar-refractivity contribution < 1.29 is 4.74 Å². The third-order valence-electron chi connectivity index (χ3n) is 2.11. The lowest BCUT2D eigenvalue weighted by Crippen LogP contribution is -1.90. The summed E-state index contributed by atoms with van der Waals surface area (Å²) in [7, 11) is 0. The average molecular weight is 323 g/mol. The molecule has 0 aliphatic heterocycles. The van der Waals surface area contributed by atoms with Crippen LogP contribution in [-0.2, 0) is 5.88 Å². The lowest BCUT2D eigenvalue weighted by Gasteiger charge is -2.07. The van der Waals surface area contributed by atoms with E-state index >= 15 is 0 Å². The van der Waals surface area contributed by atoms with Crippen molar-refractivity contribution >= 4 is 46.4 Å². The van der Waals surface area contributed by atoms with Gasteiger partial charge in [0.2, 0.25) is 5.88 Å².